The summed E-state index contributed by atoms with van der Waals surface area (Å²) in [5.74, 6) is -0.560. The second-order valence-corrected chi connectivity index (χ2v) is 6.37. The molecule has 3 rings (SSSR count). The SMILES string of the molecule is O=C(NCCNC(=O)c1nc(Cn2cc(I)cn2)no1)c1cccnc1. The zero-order chi connectivity index (χ0) is 18.4. The Hall–Kier alpha value is -2.83. The van der Waals surface area contributed by atoms with E-state index in [1.807, 2.05) is 6.20 Å². The minimum Gasteiger partial charge on any atom is -0.350 e. The van der Waals surface area contributed by atoms with Gasteiger partial charge < -0.3 is 15.2 Å². The van der Waals surface area contributed by atoms with E-state index < -0.39 is 5.91 Å². The first-order valence-electron chi connectivity index (χ1n) is 7.59. The molecule has 0 fully saturated rings. The van der Waals surface area contributed by atoms with Crippen LogP contribution in [0.4, 0.5) is 0 Å². The van der Waals surface area contributed by atoms with Gasteiger partial charge in [0.25, 0.3) is 5.91 Å². The second kappa shape index (κ2) is 8.51. The van der Waals surface area contributed by atoms with Crippen molar-refractivity contribution in [2.45, 2.75) is 6.54 Å². The summed E-state index contributed by atoms with van der Waals surface area (Å²) in [6, 6.07) is 3.33. The summed E-state index contributed by atoms with van der Waals surface area (Å²) in [5, 5.41) is 13.1. The maximum Gasteiger partial charge on any atom is 0.316 e. The average molecular weight is 467 g/mol. The number of pyridine rings is 1. The predicted molar refractivity (Wildman–Crippen MR) is 97.2 cm³/mol. The van der Waals surface area contributed by atoms with Crippen LogP contribution in [0.25, 0.3) is 0 Å². The van der Waals surface area contributed by atoms with E-state index >= 15 is 0 Å². The highest BCUT2D eigenvalue weighted by Gasteiger charge is 2.15. The summed E-state index contributed by atoms with van der Waals surface area (Å²) in [7, 11) is 0. The summed E-state index contributed by atoms with van der Waals surface area (Å²) in [5.41, 5.74) is 0.452. The minimum atomic E-state index is -0.505. The number of rotatable bonds is 7. The molecule has 0 radical (unpaired) electrons. The number of carbonyl (C=O) groups excluding carboxylic acids is 2. The fourth-order valence-corrected chi connectivity index (χ4v) is 2.45. The molecule has 134 valence electrons. The molecule has 3 aromatic rings. The lowest BCUT2D eigenvalue weighted by Crippen LogP contribution is -2.34. The third-order valence-corrected chi connectivity index (χ3v) is 3.74. The van der Waals surface area contributed by atoms with E-state index in [-0.39, 0.29) is 24.9 Å². The van der Waals surface area contributed by atoms with Gasteiger partial charge in [0, 0.05) is 31.7 Å². The normalized spacial score (nSPS) is 10.5. The van der Waals surface area contributed by atoms with Crippen molar-refractivity contribution in [3.05, 3.63) is 57.8 Å². The number of carbonyl (C=O) groups is 2. The van der Waals surface area contributed by atoms with Crippen LogP contribution in [0, 0.1) is 3.57 Å². The highest BCUT2D eigenvalue weighted by Crippen LogP contribution is 2.04. The third kappa shape index (κ3) is 4.84. The fourth-order valence-electron chi connectivity index (χ4n) is 2.01. The Morgan fingerprint density at radius 3 is 2.69 bits per heavy atom. The molecule has 26 heavy (non-hydrogen) atoms. The lowest BCUT2D eigenvalue weighted by atomic mass is 10.3. The van der Waals surface area contributed by atoms with Crippen LogP contribution in [-0.2, 0) is 6.54 Å². The molecule has 0 aliphatic heterocycles. The van der Waals surface area contributed by atoms with Crippen molar-refractivity contribution in [2.75, 3.05) is 13.1 Å². The first-order valence-corrected chi connectivity index (χ1v) is 8.66. The molecule has 0 aliphatic carbocycles. The molecule has 3 aromatic heterocycles. The Labute approximate surface area is 161 Å². The molecule has 10 nitrogen and oxygen atoms in total. The van der Waals surface area contributed by atoms with Crippen LogP contribution in [0.3, 0.4) is 0 Å². The van der Waals surface area contributed by atoms with Crippen molar-refractivity contribution < 1.29 is 14.1 Å². The van der Waals surface area contributed by atoms with Crippen molar-refractivity contribution in [3.63, 3.8) is 0 Å². The molecule has 0 saturated heterocycles. The molecule has 2 N–H and O–H groups in total. The van der Waals surface area contributed by atoms with Crippen LogP contribution in [0.1, 0.15) is 26.9 Å². The van der Waals surface area contributed by atoms with E-state index in [0.717, 1.165) is 3.57 Å². The van der Waals surface area contributed by atoms with Gasteiger partial charge in [-0.25, -0.2) is 0 Å². The lowest BCUT2D eigenvalue weighted by molar-refractivity contribution is 0.0898. The number of amides is 2. The second-order valence-electron chi connectivity index (χ2n) is 5.13. The zero-order valence-corrected chi connectivity index (χ0v) is 15.6. The Morgan fingerprint density at radius 1 is 1.19 bits per heavy atom. The largest absolute Gasteiger partial charge is 0.350 e. The number of nitrogens with one attached hydrogen (secondary N) is 2. The molecule has 0 saturated carbocycles. The Morgan fingerprint density at radius 2 is 2.00 bits per heavy atom. The van der Waals surface area contributed by atoms with Crippen molar-refractivity contribution in [1.82, 2.24) is 35.5 Å². The molecule has 0 spiro atoms. The molecule has 0 atom stereocenters. The van der Waals surface area contributed by atoms with E-state index in [9.17, 15) is 9.59 Å². The van der Waals surface area contributed by atoms with Crippen molar-refractivity contribution in [1.29, 1.82) is 0 Å². The minimum absolute atomic E-state index is 0.138. The number of hydrogen-bond acceptors (Lipinski definition) is 7. The van der Waals surface area contributed by atoms with Gasteiger partial charge in [0.2, 0.25) is 0 Å². The summed E-state index contributed by atoms with van der Waals surface area (Å²) in [4.78, 5) is 31.7. The van der Waals surface area contributed by atoms with Crippen LogP contribution < -0.4 is 10.6 Å². The van der Waals surface area contributed by atoms with Crippen molar-refractivity contribution in [3.8, 4) is 0 Å². The smallest absolute Gasteiger partial charge is 0.316 e. The molecule has 2 amide bonds. The lowest BCUT2D eigenvalue weighted by Gasteiger charge is -2.05. The summed E-state index contributed by atoms with van der Waals surface area (Å²) in [6.07, 6.45) is 6.58. The molecule has 0 aromatic carbocycles. The van der Waals surface area contributed by atoms with Gasteiger partial charge >= 0.3 is 11.8 Å². The van der Waals surface area contributed by atoms with E-state index in [2.05, 4.69) is 53.4 Å². The molecule has 11 heteroatoms. The molecular formula is C15H14IN7O3. The van der Waals surface area contributed by atoms with Crippen LogP contribution >= 0.6 is 22.6 Å². The fraction of sp³-hybridized carbons (Fsp3) is 0.200. The number of aromatic nitrogens is 5. The van der Waals surface area contributed by atoms with Gasteiger partial charge in [-0.1, -0.05) is 5.16 Å². The first-order chi connectivity index (χ1) is 12.6. The first kappa shape index (κ1) is 18.0. The van der Waals surface area contributed by atoms with Crippen LogP contribution in [-0.4, -0.2) is 49.8 Å². The van der Waals surface area contributed by atoms with Gasteiger partial charge in [-0.2, -0.15) is 10.1 Å². The maximum absolute atomic E-state index is 12.0. The monoisotopic (exact) mass is 467 g/mol. The molecule has 0 unspecified atom stereocenters. The number of nitrogens with zero attached hydrogens (tertiary/aromatic N) is 5. The molecule has 0 aliphatic rings. The Bertz CT molecular complexity index is 894. The standard InChI is InChI=1S/C15H14IN7O3/c16-11-7-20-23(8-11)9-12-21-15(26-22-12)14(25)19-5-4-18-13(24)10-2-1-3-17-6-10/h1-3,6-8H,4-5,9H2,(H,18,24)(H,19,25). The Kier molecular flexibility index (Phi) is 5.88. The topological polar surface area (TPSA) is 128 Å². The number of hydrogen-bond donors (Lipinski definition) is 2. The van der Waals surface area contributed by atoms with Crippen molar-refractivity contribution in [2.24, 2.45) is 0 Å². The van der Waals surface area contributed by atoms with Crippen LogP contribution in [0.15, 0.2) is 41.4 Å². The van der Waals surface area contributed by atoms with Gasteiger partial charge in [-0.3, -0.25) is 19.3 Å². The molecule has 3 heterocycles. The van der Waals surface area contributed by atoms with Gasteiger partial charge in [0.1, 0.15) is 6.54 Å². The van der Waals surface area contributed by atoms with Crippen molar-refractivity contribution >= 4 is 34.4 Å². The van der Waals surface area contributed by atoms with E-state index in [0.29, 0.717) is 17.9 Å². The molecule has 0 bridgehead atoms. The summed E-state index contributed by atoms with van der Waals surface area (Å²) >= 11 is 2.14. The number of halogens is 1. The molecular weight excluding hydrogens is 453 g/mol. The van der Waals surface area contributed by atoms with Gasteiger partial charge in [0.05, 0.1) is 15.3 Å². The summed E-state index contributed by atoms with van der Waals surface area (Å²) in [6.45, 7) is 0.785. The third-order valence-electron chi connectivity index (χ3n) is 3.19. The zero-order valence-electron chi connectivity index (χ0n) is 13.4. The van der Waals surface area contributed by atoms with Crippen LogP contribution in [0.2, 0.25) is 0 Å². The van der Waals surface area contributed by atoms with Gasteiger partial charge in [-0.15, -0.1) is 0 Å². The van der Waals surface area contributed by atoms with E-state index in [1.165, 1.54) is 6.20 Å². The van der Waals surface area contributed by atoms with E-state index in [4.69, 9.17) is 4.52 Å². The maximum atomic E-state index is 12.0. The van der Waals surface area contributed by atoms with Crippen LogP contribution in [0.5, 0.6) is 0 Å². The Balaban J connectivity index is 1.43. The highest BCUT2D eigenvalue weighted by atomic mass is 127. The van der Waals surface area contributed by atoms with Gasteiger partial charge in [0.15, 0.2) is 5.82 Å². The quantitative estimate of drug-likeness (QED) is 0.382. The predicted octanol–water partition coefficient (Wildman–Crippen LogP) is 0.474. The average Bonchev–Trinajstić information content (AvgIpc) is 3.28. The highest BCUT2D eigenvalue weighted by molar-refractivity contribution is 14.1. The van der Waals surface area contributed by atoms with Gasteiger partial charge in [-0.05, 0) is 34.7 Å². The van der Waals surface area contributed by atoms with E-state index in [1.54, 1.807) is 29.2 Å². The summed E-state index contributed by atoms with van der Waals surface area (Å²) < 4.78 is 7.57.